The van der Waals surface area contributed by atoms with Crippen LogP contribution < -0.4 is 9.47 Å². The van der Waals surface area contributed by atoms with E-state index in [1.807, 2.05) is 0 Å². The first-order chi connectivity index (χ1) is 8.02. The van der Waals surface area contributed by atoms with Crippen molar-refractivity contribution < 1.29 is 18.7 Å². The van der Waals surface area contributed by atoms with Crippen molar-refractivity contribution in [3.05, 3.63) is 23.3 Å². The molecule has 0 saturated carbocycles. The molecule has 1 heterocycles. The number of alkyl halides is 1. The van der Waals surface area contributed by atoms with Gasteiger partial charge in [0.15, 0.2) is 11.5 Å². The van der Waals surface area contributed by atoms with Crippen molar-refractivity contribution in [2.75, 3.05) is 6.79 Å². The van der Waals surface area contributed by atoms with E-state index >= 15 is 0 Å². The van der Waals surface area contributed by atoms with E-state index in [4.69, 9.17) is 9.47 Å². The average Bonchev–Trinajstić information content (AvgIpc) is 2.70. The molecule has 0 saturated heterocycles. The molecule has 0 aliphatic carbocycles. The molecule has 0 radical (unpaired) electrons. The molecule has 0 N–H and O–H groups in total. The SMILES string of the molecule is CC(C)(F)c1cc2c(cc1CCC=O)OCO2. The summed E-state index contributed by atoms with van der Waals surface area (Å²) in [6.45, 7) is 3.16. The number of aryl methyl sites for hydroxylation is 1. The van der Waals surface area contributed by atoms with Gasteiger partial charge in [0.25, 0.3) is 0 Å². The molecule has 0 fully saturated rings. The van der Waals surface area contributed by atoms with Crippen LogP contribution in [0.15, 0.2) is 12.1 Å². The number of aldehydes is 1. The van der Waals surface area contributed by atoms with Gasteiger partial charge in [-0.2, -0.15) is 0 Å². The molecule has 1 aromatic carbocycles. The van der Waals surface area contributed by atoms with Crippen LogP contribution in [0.4, 0.5) is 4.39 Å². The molecule has 0 bridgehead atoms. The molecule has 1 aromatic rings. The zero-order chi connectivity index (χ0) is 12.5. The van der Waals surface area contributed by atoms with Crippen molar-refractivity contribution in [3.8, 4) is 11.5 Å². The number of hydrogen-bond donors (Lipinski definition) is 0. The molecule has 92 valence electrons. The fraction of sp³-hybridized carbons (Fsp3) is 0.462. The second-order valence-corrected chi connectivity index (χ2v) is 4.54. The van der Waals surface area contributed by atoms with Crippen molar-refractivity contribution in [1.82, 2.24) is 0 Å². The van der Waals surface area contributed by atoms with Crippen molar-refractivity contribution in [2.45, 2.75) is 32.4 Å². The van der Waals surface area contributed by atoms with Crippen LogP contribution in [0.25, 0.3) is 0 Å². The van der Waals surface area contributed by atoms with Crippen molar-refractivity contribution in [1.29, 1.82) is 0 Å². The van der Waals surface area contributed by atoms with Crippen LogP contribution in [0.1, 0.15) is 31.4 Å². The van der Waals surface area contributed by atoms with Gasteiger partial charge in [-0.25, -0.2) is 4.39 Å². The average molecular weight is 238 g/mol. The minimum Gasteiger partial charge on any atom is -0.454 e. The third-order valence-electron chi connectivity index (χ3n) is 2.77. The predicted molar refractivity (Wildman–Crippen MR) is 61.1 cm³/mol. The molecule has 1 aliphatic heterocycles. The number of benzene rings is 1. The van der Waals surface area contributed by atoms with Gasteiger partial charge in [0.05, 0.1) is 0 Å². The standard InChI is InChI=1S/C13H15FO3/c1-13(2,14)10-7-12-11(16-8-17-12)6-9(10)4-3-5-15/h5-7H,3-4,8H2,1-2H3. The largest absolute Gasteiger partial charge is 0.454 e. The summed E-state index contributed by atoms with van der Waals surface area (Å²) in [5.41, 5.74) is -0.100. The van der Waals surface area contributed by atoms with E-state index in [0.29, 0.717) is 29.9 Å². The lowest BCUT2D eigenvalue weighted by Gasteiger charge is -2.19. The zero-order valence-corrected chi connectivity index (χ0v) is 9.96. The lowest BCUT2D eigenvalue weighted by atomic mass is 9.92. The minimum absolute atomic E-state index is 0.165. The summed E-state index contributed by atoms with van der Waals surface area (Å²) in [6.07, 6.45) is 1.73. The Hall–Kier alpha value is -1.58. The van der Waals surface area contributed by atoms with Crippen LogP contribution in [0.2, 0.25) is 0 Å². The third kappa shape index (κ3) is 2.40. The Labute approximate surface area is 99.5 Å². The Morgan fingerprint density at radius 3 is 2.59 bits per heavy atom. The van der Waals surface area contributed by atoms with Gasteiger partial charge in [0, 0.05) is 6.42 Å². The normalized spacial score (nSPS) is 13.8. The maximum atomic E-state index is 14.1. The van der Waals surface area contributed by atoms with E-state index in [1.165, 1.54) is 13.8 Å². The lowest BCUT2D eigenvalue weighted by Crippen LogP contribution is -2.12. The molecule has 3 nitrogen and oxygen atoms in total. The second-order valence-electron chi connectivity index (χ2n) is 4.54. The smallest absolute Gasteiger partial charge is 0.231 e. The molecule has 0 amide bonds. The highest BCUT2D eigenvalue weighted by atomic mass is 19.1. The van der Waals surface area contributed by atoms with Crippen LogP contribution in [0, 0.1) is 0 Å². The number of hydrogen-bond acceptors (Lipinski definition) is 3. The number of fused-ring (bicyclic) bond motifs is 1. The van der Waals surface area contributed by atoms with Gasteiger partial charge in [-0.05, 0) is 43.5 Å². The molecular weight excluding hydrogens is 223 g/mol. The molecule has 17 heavy (non-hydrogen) atoms. The molecule has 1 aliphatic rings. The molecule has 0 aromatic heterocycles. The first-order valence-electron chi connectivity index (χ1n) is 5.58. The van der Waals surface area contributed by atoms with E-state index in [9.17, 15) is 9.18 Å². The highest BCUT2D eigenvalue weighted by molar-refractivity contribution is 5.54. The number of rotatable bonds is 4. The maximum Gasteiger partial charge on any atom is 0.231 e. The molecule has 0 atom stereocenters. The van der Waals surface area contributed by atoms with E-state index in [-0.39, 0.29) is 6.79 Å². The molecule has 0 spiro atoms. The highest BCUT2D eigenvalue weighted by Crippen LogP contribution is 2.39. The van der Waals surface area contributed by atoms with Gasteiger partial charge >= 0.3 is 0 Å². The quantitative estimate of drug-likeness (QED) is 0.756. The summed E-state index contributed by atoms with van der Waals surface area (Å²) >= 11 is 0. The van der Waals surface area contributed by atoms with Gasteiger partial charge in [0.1, 0.15) is 12.0 Å². The van der Waals surface area contributed by atoms with Crippen LogP contribution in [-0.2, 0) is 16.9 Å². The summed E-state index contributed by atoms with van der Waals surface area (Å²) in [5.74, 6) is 1.19. The minimum atomic E-state index is -1.46. The van der Waals surface area contributed by atoms with Crippen molar-refractivity contribution in [3.63, 3.8) is 0 Å². The highest BCUT2D eigenvalue weighted by Gasteiger charge is 2.26. The second kappa shape index (κ2) is 4.35. The first kappa shape index (κ1) is 11.9. The monoisotopic (exact) mass is 238 g/mol. The summed E-state index contributed by atoms with van der Waals surface area (Å²) < 4.78 is 24.6. The fourth-order valence-electron chi connectivity index (χ4n) is 1.96. The number of carbonyl (C=O) groups is 1. The third-order valence-corrected chi connectivity index (χ3v) is 2.77. The number of carbonyl (C=O) groups excluding carboxylic acids is 1. The number of halogens is 1. The lowest BCUT2D eigenvalue weighted by molar-refractivity contribution is -0.107. The van der Waals surface area contributed by atoms with Gasteiger partial charge < -0.3 is 14.3 Å². The van der Waals surface area contributed by atoms with Gasteiger partial charge in [-0.3, -0.25) is 0 Å². The topological polar surface area (TPSA) is 35.5 Å². The van der Waals surface area contributed by atoms with Crippen LogP contribution >= 0.6 is 0 Å². The van der Waals surface area contributed by atoms with Crippen LogP contribution in [0.3, 0.4) is 0 Å². The van der Waals surface area contributed by atoms with Gasteiger partial charge in [-0.15, -0.1) is 0 Å². The summed E-state index contributed by atoms with van der Waals surface area (Å²) in [4.78, 5) is 10.4. The molecule has 2 rings (SSSR count). The summed E-state index contributed by atoms with van der Waals surface area (Å²) in [7, 11) is 0. The Balaban J connectivity index is 2.43. The predicted octanol–water partition coefficient (Wildman–Crippen LogP) is 2.75. The molecule has 4 heteroatoms. The van der Waals surface area contributed by atoms with Crippen molar-refractivity contribution >= 4 is 6.29 Å². The number of ether oxygens (including phenoxy) is 2. The Morgan fingerprint density at radius 1 is 1.35 bits per heavy atom. The summed E-state index contributed by atoms with van der Waals surface area (Å²) in [6, 6.07) is 3.44. The van der Waals surface area contributed by atoms with Crippen LogP contribution in [0.5, 0.6) is 11.5 Å². The van der Waals surface area contributed by atoms with Gasteiger partial charge in [-0.1, -0.05) is 0 Å². The van der Waals surface area contributed by atoms with E-state index in [2.05, 4.69) is 0 Å². The van der Waals surface area contributed by atoms with Gasteiger partial charge in [0.2, 0.25) is 6.79 Å². The van der Waals surface area contributed by atoms with Crippen LogP contribution in [-0.4, -0.2) is 13.1 Å². The van der Waals surface area contributed by atoms with E-state index < -0.39 is 5.67 Å². The zero-order valence-electron chi connectivity index (χ0n) is 9.96. The first-order valence-corrected chi connectivity index (χ1v) is 5.58. The Bertz CT molecular complexity index is 435. The maximum absolute atomic E-state index is 14.1. The Morgan fingerprint density at radius 2 is 2.00 bits per heavy atom. The molecular formula is C13H15FO3. The summed E-state index contributed by atoms with van der Waals surface area (Å²) in [5, 5.41) is 0. The van der Waals surface area contributed by atoms with E-state index in [1.54, 1.807) is 12.1 Å². The van der Waals surface area contributed by atoms with E-state index in [0.717, 1.165) is 11.8 Å². The van der Waals surface area contributed by atoms with Crippen molar-refractivity contribution in [2.24, 2.45) is 0 Å². The fourth-order valence-corrected chi connectivity index (χ4v) is 1.96. The Kier molecular flexibility index (Phi) is 3.05. The molecule has 0 unspecified atom stereocenters.